The monoisotopic (exact) mass is 280 g/mol. The minimum absolute atomic E-state index is 0.0415. The first-order valence-electron chi connectivity index (χ1n) is 6.17. The first-order valence-corrected chi connectivity index (χ1v) is 7.05. The van der Waals surface area contributed by atoms with E-state index in [1.807, 2.05) is 7.05 Å². The predicted octanol–water partition coefficient (Wildman–Crippen LogP) is -0.368. The molecule has 0 aromatic carbocycles. The molecule has 0 radical (unpaired) electrons. The van der Waals surface area contributed by atoms with Gasteiger partial charge >= 0.3 is 0 Å². The zero-order valence-electron chi connectivity index (χ0n) is 10.7. The van der Waals surface area contributed by atoms with E-state index in [9.17, 15) is 9.59 Å². The van der Waals surface area contributed by atoms with Crippen LogP contribution in [0.3, 0.4) is 0 Å². The number of aromatic nitrogens is 1. The molecule has 102 valence electrons. The molecule has 3 rings (SSSR count). The molecule has 7 heteroatoms. The third-order valence-electron chi connectivity index (χ3n) is 4.09. The van der Waals surface area contributed by atoms with Gasteiger partial charge in [0.15, 0.2) is 0 Å². The van der Waals surface area contributed by atoms with Crippen molar-refractivity contribution in [2.24, 2.45) is 17.1 Å². The maximum absolute atomic E-state index is 12.3. The lowest BCUT2D eigenvalue weighted by atomic mass is 9.71. The minimum Gasteiger partial charge on any atom is -0.369 e. The van der Waals surface area contributed by atoms with Crippen molar-refractivity contribution in [1.29, 1.82) is 0 Å². The molecule has 2 aliphatic heterocycles. The number of carbonyl (C=O) groups is 2. The van der Waals surface area contributed by atoms with Crippen molar-refractivity contribution in [3.05, 3.63) is 16.6 Å². The molecule has 0 bridgehead atoms. The molecule has 1 atom stereocenters. The van der Waals surface area contributed by atoms with E-state index in [0.717, 1.165) is 13.1 Å². The Morgan fingerprint density at radius 1 is 1.47 bits per heavy atom. The number of nitrogens with two attached hydrogens (primary N) is 1. The van der Waals surface area contributed by atoms with Crippen LogP contribution < -0.4 is 5.73 Å². The largest absolute Gasteiger partial charge is 0.369 e. The first kappa shape index (κ1) is 12.6. The molecule has 2 amide bonds. The Bertz CT molecular complexity index is 510. The topological polar surface area (TPSA) is 79.5 Å². The summed E-state index contributed by atoms with van der Waals surface area (Å²) in [5.41, 5.74) is 7.01. The van der Waals surface area contributed by atoms with Gasteiger partial charge in [0.1, 0.15) is 4.88 Å². The van der Waals surface area contributed by atoms with E-state index in [1.54, 1.807) is 16.6 Å². The van der Waals surface area contributed by atoms with Crippen molar-refractivity contribution < 1.29 is 9.59 Å². The second kappa shape index (κ2) is 4.28. The lowest BCUT2D eigenvalue weighted by Gasteiger charge is -2.48. The molecule has 1 unspecified atom stereocenters. The number of rotatable bonds is 2. The summed E-state index contributed by atoms with van der Waals surface area (Å²) in [5.74, 6) is -0.576. The lowest BCUT2D eigenvalue weighted by Crippen LogP contribution is -2.60. The molecule has 1 spiro atoms. The SMILES string of the molecule is CN1CC2(C1)CN(C(=O)c1cncs1)CC2C(N)=O. The number of amides is 2. The number of primary amides is 1. The Labute approximate surface area is 115 Å². The third-order valence-corrected chi connectivity index (χ3v) is 4.85. The number of thiazole rings is 1. The van der Waals surface area contributed by atoms with Gasteiger partial charge in [0.2, 0.25) is 5.91 Å². The zero-order valence-corrected chi connectivity index (χ0v) is 11.5. The Kier molecular flexibility index (Phi) is 2.83. The van der Waals surface area contributed by atoms with E-state index in [2.05, 4.69) is 9.88 Å². The van der Waals surface area contributed by atoms with Crippen molar-refractivity contribution in [1.82, 2.24) is 14.8 Å². The van der Waals surface area contributed by atoms with Gasteiger partial charge in [0.25, 0.3) is 5.91 Å². The molecule has 19 heavy (non-hydrogen) atoms. The fourth-order valence-electron chi connectivity index (χ4n) is 3.34. The van der Waals surface area contributed by atoms with Gasteiger partial charge in [-0.3, -0.25) is 14.6 Å². The van der Waals surface area contributed by atoms with Crippen LogP contribution in [0, 0.1) is 11.3 Å². The van der Waals surface area contributed by atoms with Gasteiger partial charge in [-0.05, 0) is 7.05 Å². The zero-order chi connectivity index (χ0) is 13.6. The molecular weight excluding hydrogens is 264 g/mol. The molecule has 0 saturated carbocycles. The lowest BCUT2D eigenvalue weighted by molar-refractivity contribution is -0.128. The minimum atomic E-state index is -0.298. The van der Waals surface area contributed by atoms with Gasteiger partial charge in [-0.15, -0.1) is 11.3 Å². The van der Waals surface area contributed by atoms with E-state index in [-0.39, 0.29) is 23.1 Å². The second-order valence-electron chi connectivity index (χ2n) is 5.54. The number of likely N-dealkylation sites (tertiary alicyclic amines) is 2. The fraction of sp³-hybridized carbons (Fsp3) is 0.583. The standard InChI is InChI=1S/C12H16N4O2S/c1-15-4-12(5-15)6-16(3-8(12)10(13)17)11(18)9-2-14-7-19-9/h2,7-8H,3-6H2,1H3,(H2,13,17). The maximum Gasteiger partial charge on any atom is 0.265 e. The highest BCUT2D eigenvalue weighted by Gasteiger charge is 2.56. The summed E-state index contributed by atoms with van der Waals surface area (Å²) in [4.78, 5) is 32.4. The van der Waals surface area contributed by atoms with E-state index >= 15 is 0 Å². The number of hydrogen-bond acceptors (Lipinski definition) is 5. The van der Waals surface area contributed by atoms with E-state index < -0.39 is 0 Å². The van der Waals surface area contributed by atoms with Crippen molar-refractivity contribution in [2.75, 3.05) is 33.2 Å². The summed E-state index contributed by atoms with van der Waals surface area (Å²) >= 11 is 1.32. The van der Waals surface area contributed by atoms with Gasteiger partial charge in [-0.1, -0.05) is 0 Å². The van der Waals surface area contributed by atoms with Crippen molar-refractivity contribution in [2.45, 2.75) is 0 Å². The molecular formula is C12H16N4O2S. The average molecular weight is 280 g/mol. The van der Waals surface area contributed by atoms with Crippen molar-refractivity contribution in [3.63, 3.8) is 0 Å². The highest BCUT2D eigenvalue weighted by Crippen LogP contribution is 2.43. The predicted molar refractivity (Wildman–Crippen MR) is 70.6 cm³/mol. The highest BCUT2D eigenvalue weighted by atomic mass is 32.1. The summed E-state index contributed by atoms with van der Waals surface area (Å²) in [7, 11) is 2.01. The molecule has 2 fully saturated rings. The number of carbonyl (C=O) groups excluding carboxylic acids is 2. The Balaban J connectivity index is 1.80. The van der Waals surface area contributed by atoms with Gasteiger partial charge in [-0.2, -0.15) is 0 Å². The van der Waals surface area contributed by atoms with Crippen LogP contribution in [0.15, 0.2) is 11.7 Å². The van der Waals surface area contributed by atoms with Crippen LogP contribution in [-0.2, 0) is 4.79 Å². The van der Waals surface area contributed by atoms with Gasteiger partial charge in [-0.25, -0.2) is 0 Å². The summed E-state index contributed by atoms with van der Waals surface area (Å²) in [6, 6.07) is 0. The highest BCUT2D eigenvalue weighted by molar-refractivity contribution is 7.11. The molecule has 1 aromatic rings. The van der Waals surface area contributed by atoms with Crippen LogP contribution in [0.4, 0.5) is 0 Å². The average Bonchev–Trinajstić information content (AvgIpc) is 2.93. The molecule has 1 aromatic heterocycles. The summed E-state index contributed by atoms with van der Waals surface area (Å²) < 4.78 is 0. The van der Waals surface area contributed by atoms with Crippen LogP contribution in [0.25, 0.3) is 0 Å². The van der Waals surface area contributed by atoms with Gasteiger partial charge in [0.05, 0.1) is 17.6 Å². The molecule has 2 aliphatic rings. The van der Waals surface area contributed by atoms with Crippen molar-refractivity contribution >= 4 is 23.2 Å². The third kappa shape index (κ3) is 1.93. The molecule has 3 heterocycles. The number of nitrogens with zero attached hydrogens (tertiary/aromatic N) is 3. The van der Waals surface area contributed by atoms with Crippen LogP contribution in [-0.4, -0.2) is 59.8 Å². The van der Waals surface area contributed by atoms with Crippen LogP contribution in [0.5, 0.6) is 0 Å². The Morgan fingerprint density at radius 3 is 2.74 bits per heavy atom. The van der Waals surface area contributed by atoms with Crippen LogP contribution in [0.2, 0.25) is 0 Å². The number of hydrogen-bond donors (Lipinski definition) is 1. The summed E-state index contributed by atoms with van der Waals surface area (Å²) in [6.45, 7) is 2.70. The maximum atomic E-state index is 12.3. The van der Waals surface area contributed by atoms with Crippen LogP contribution in [0.1, 0.15) is 9.67 Å². The van der Waals surface area contributed by atoms with E-state index in [4.69, 9.17) is 5.73 Å². The first-order chi connectivity index (χ1) is 9.02. The Morgan fingerprint density at radius 2 is 2.21 bits per heavy atom. The van der Waals surface area contributed by atoms with Crippen molar-refractivity contribution in [3.8, 4) is 0 Å². The fourth-order valence-corrected chi connectivity index (χ4v) is 3.93. The molecule has 6 nitrogen and oxygen atoms in total. The summed E-state index contributed by atoms with van der Waals surface area (Å²) in [6.07, 6.45) is 1.57. The van der Waals surface area contributed by atoms with E-state index in [0.29, 0.717) is 18.0 Å². The molecule has 2 saturated heterocycles. The van der Waals surface area contributed by atoms with Gasteiger partial charge < -0.3 is 15.5 Å². The normalized spacial score (nSPS) is 25.5. The van der Waals surface area contributed by atoms with E-state index in [1.165, 1.54) is 11.3 Å². The molecule has 2 N–H and O–H groups in total. The van der Waals surface area contributed by atoms with Crippen LogP contribution >= 0.6 is 11.3 Å². The Hall–Kier alpha value is -1.47. The second-order valence-corrected chi connectivity index (χ2v) is 6.43. The molecule has 0 aliphatic carbocycles. The smallest absolute Gasteiger partial charge is 0.265 e. The van der Waals surface area contributed by atoms with Gasteiger partial charge in [0, 0.05) is 31.6 Å². The quantitative estimate of drug-likeness (QED) is 0.802. The summed E-state index contributed by atoms with van der Waals surface area (Å²) in [5, 5.41) is 0.